The van der Waals surface area contributed by atoms with Gasteiger partial charge in [-0.15, -0.1) is 13.2 Å². The van der Waals surface area contributed by atoms with E-state index in [0.717, 1.165) is 25.7 Å². The van der Waals surface area contributed by atoms with Gasteiger partial charge in [-0.1, -0.05) is 0 Å². The lowest BCUT2D eigenvalue weighted by atomic mass is 9.91. The molecule has 1 saturated heterocycles. The number of carbonyl (C=O) groups is 1. The number of anilines is 1. The van der Waals surface area contributed by atoms with Crippen LogP contribution in [0.25, 0.3) is 0 Å². The fourth-order valence-corrected chi connectivity index (χ4v) is 5.98. The topological polar surface area (TPSA) is 71.5 Å². The number of nitrogens with one attached hydrogen (secondary N) is 1. The van der Waals surface area contributed by atoms with Crippen LogP contribution >= 0.6 is 0 Å². The monoisotopic (exact) mass is 453 g/mol. The molecule has 2 amide bonds. The van der Waals surface area contributed by atoms with E-state index in [9.17, 15) is 22.2 Å². The van der Waals surface area contributed by atoms with Gasteiger partial charge >= 0.3 is 12.4 Å². The third-order valence-corrected chi connectivity index (χ3v) is 8.02. The van der Waals surface area contributed by atoms with Crippen molar-refractivity contribution in [2.24, 2.45) is 5.92 Å². The van der Waals surface area contributed by atoms with Crippen molar-refractivity contribution in [3.05, 3.63) is 48.8 Å². The summed E-state index contributed by atoms with van der Waals surface area (Å²) in [4.78, 5) is 18.6. The Hall–Kier alpha value is -2.62. The number of hydrogen-bond donors (Lipinski definition) is 1. The maximum atomic E-state index is 13.2. The first-order chi connectivity index (χ1) is 14.8. The number of piperidine rings is 1. The predicted octanol–water partition coefficient (Wildman–Crippen LogP) is 4.56. The molecular weight excluding hydrogens is 431 g/mol. The van der Waals surface area contributed by atoms with E-state index in [1.165, 1.54) is 24.3 Å². The first-order valence-electron chi connectivity index (χ1n) is 10.0. The molecule has 2 fully saturated rings. The van der Waals surface area contributed by atoms with Crippen LogP contribution in [-0.2, 0) is 10.8 Å². The lowest BCUT2D eigenvalue weighted by molar-refractivity contribution is -0.274. The molecule has 31 heavy (non-hydrogen) atoms. The van der Waals surface area contributed by atoms with E-state index in [4.69, 9.17) is 0 Å². The molecule has 10 heteroatoms. The second kappa shape index (κ2) is 8.49. The van der Waals surface area contributed by atoms with E-state index in [1.807, 2.05) is 0 Å². The third kappa shape index (κ3) is 5.00. The Morgan fingerprint density at radius 1 is 1.10 bits per heavy atom. The minimum Gasteiger partial charge on any atom is -0.406 e. The summed E-state index contributed by atoms with van der Waals surface area (Å²) < 4.78 is 53.8. The molecule has 166 valence electrons. The second-order valence-corrected chi connectivity index (χ2v) is 9.60. The minimum absolute atomic E-state index is 0.170. The summed E-state index contributed by atoms with van der Waals surface area (Å²) in [6, 6.07) is 8.54. The summed E-state index contributed by atoms with van der Waals surface area (Å²) in [5.74, 6) is -0.129. The molecule has 1 saturated carbocycles. The van der Waals surface area contributed by atoms with Crippen LogP contribution in [0, 0.1) is 5.92 Å². The zero-order valence-electron chi connectivity index (χ0n) is 16.6. The Bertz CT molecular complexity index is 942. The first-order valence-corrected chi connectivity index (χ1v) is 11.2. The summed E-state index contributed by atoms with van der Waals surface area (Å²) >= 11 is 0. The van der Waals surface area contributed by atoms with Gasteiger partial charge in [0.25, 0.3) is 0 Å². The van der Waals surface area contributed by atoms with Crippen molar-refractivity contribution in [3.8, 4) is 5.75 Å². The van der Waals surface area contributed by atoms with Crippen molar-refractivity contribution in [2.45, 2.75) is 41.7 Å². The molecule has 6 nitrogen and oxygen atoms in total. The van der Waals surface area contributed by atoms with Crippen LogP contribution in [-0.4, -0.2) is 44.3 Å². The molecule has 0 spiro atoms. The van der Waals surface area contributed by atoms with Gasteiger partial charge < -0.3 is 15.0 Å². The highest BCUT2D eigenvalue weighted by Crippen LogP contribution is 2.53. The van der Waals surface area contributed by atoms with Crippen molar-refractivity contribution >= 4 is 22.5 Å². The minimum atomic E-state index is -4.75. The number of urea groups is 1. The van der Waals surface area contributed by atoms with Crippen molar-refractivity contribution in [3.63, 3.8) is 0 Å². The fourth-order valence-electron chi connectivity index (χ4n) is 4.11. The van der Waals surface area contributed by atoms with Crippen LogP contribution in [0.4, 0.5) is 23.7 Å². The maximum Gasteiger partial charge on any atom is 0.573 e. The number of nitrogens with zero attached hydrogens (tertiary/aromatic N) is 2. The lowest BCUT2D eigenvalue weighted by Gasteiger charge is -2.36. The molecule has 1 aromatic heterocycles. The number of alkyl halides is 3. The number of carbonyl (C=O) groups excluding carboxylic acids is 1. The molecular formula is C21H22F3N3O3S. The van der Waals surface area contributed by atoms with E-state index >= 15 is 0 Å². The van der Waals surface area contributed by atoms with Crippen molar-refractivity contribution < 1.29 is 26.9 Å². The average molecular weight is 453 g/mol. The summed E-state index contributed by atoms with van der Waals surface area (Å²) in [5, 5.41) is 2.85. The van der Waals surface area contributed by atoms with Crippen LogP contribution in [0.1, 0.15) is 25.7 Å². The van der Waals surface area contributed by atoms with Crippen molar-refractivity contribution in [2.75, 3.05) is 18.4 Å². The normalized spacial score (nSPS) is 19.5. The van der Waals surface area contributed by atoms with E-state index in [1.54, 1.807) is 29.4 Å². The Labute approximate surface area is 180 Å². The van der Waals surface area contributed by atoms with Crippen molar-refractivity contribution in [1.82, 2.24) is 9.88 Å². The number of ether oxygens (including phenoxy) is 1. The number of aromatic nitrogens is 1. The molecule has 2 heterocycles. The van der Waals surface area contributed by atoms with Gasteiger partial charge in [-0.2, -0.15) is 0 Å². The Balaban J connectivity index is 1.35. The van der Waals surface area contributed by atoms with Crippen LogP contribution in [0.3, 0.4) is 0 Å². The van der Waals surface area contributed by atoms with Gasteiger partial charge in [0.05, 0.1) is 15.5 Å². The van der Waals surface area contributed by atoms with Gasteiger partial charge in [0.2, 0.25) is 0 Å². The molecule has 1 aromatic carbocycles. The molecule has 2 aromatic rings. The largest absolute Gasteiger partial charge is 0.573 e. The predicted molar refractivity (Wildman–Crippen MR) is 109 cm³/mol. The molecule has 4 rings (SSSR count). The molecule has 1 aliphatic heterocycles. The molecule has 1 N–H and O–H groups in total. The lowest BCUT2D eigenvalue weighted by Crippen LogP contribution is -2.44. The number of amides is 2. The average Bonchev–Trinajstić information content (AvgIpc) is 3.56. The number of pyridine rings is 1. The zero-order chi connectivity index (χ0) is 22.1. The molecule has 0 radical (unpaired) electrons. The highest BCUT2D eigenvalue weighted by molar-refractivity contribution is 7.86. The highest BCUT2D eigenvalue weighted by Gasteiger charge is 2.55. The van der Waals surface area contributed by atoms with Crippen LogP contribution in [0.5, 0.6) is 5.75 Å². The molecule has 2 aliphatic rings. The van der Waals surface area contributed by atoms with Gasteiger partial charge in [-0.3, -0.25) is 9.19 Å². The smallest absolute Gasteiger partial charge is 0.406 e. The number of halogens is 3. The summed E-state index contributed by atoms with van der Waals surface area (Å²) in [5.41, 5.74) is 0.680. The van der Waals surface area contributed by atoms with E-state index in [-0.39, 0.29) is 22.4 Å². The quantitative estimate of drug-likeness (QED) is 0.720. The highest BCUT2D eigenvalue weighted by atomic mass is 32.2. The zero-order valence-corrected chi connectivity index (χ0v) is 17.4. The van der Waals surface area contributed by atoms with E-state index < -0.39 is 17.2 Å². The molecule has 1 unspecified atom stereocenters. The van der Waals surface area contributed by atoms with Crippen molar-refractivity contribution in [1.29, 1.82) is 0 Å². The first kappa shape index (κ1) is 21.6. The van der Waals surface area contributed by atoms with Gasteiger partial charge in [-0.25, -0.2) is 4.79 Å². The second-order valence-electron chi connectivity index (χ2n) is 7.78. The Morgan fingerprint density at radius 2 is 1.71 bits per heavy atom. The number of benzene rings is 1. The molecule has 1 aliphatic carbocycles. The van der Waals surface area contributed by atoms with Crippen LogP contribution in [0.2, 0.25) is 0 Å². The SMILES string of the molecule is O=C(Nc1ccncc1)N1CCC(C2(S(=O)c3ccc(OC(F)(F)F)cc3)CC2)CC1. The number of rotatable bonds is 5. The third-order valence-electron chi connectivity index (χ3n) is 5.84. The Morgan fingerprint density at radius 3 is 2.26 bits per heavy atom. The van der Waals surface area contributed by atoms with Crippen LogP contribution in [0.15, 0.2) is 53.7 Å². The summed E-state index contributed by atoms with van der Waals surface area (Å²) in [7, 11) is -1.33. The van der Waals surface area contributed by atoms with E-state index in [2.05, 4.69) is 15.0 Å². The van der Waals surface area contributed by atoms with E-state index in [0.29, 0.717) is 23.7 Å². The fraction of sp³-hybridized carbons (Fsp3) is 0.429. The maximum absolute atomic E-state index is 13.2. The molecule has 0 bridgehead atoms. The molecule has 1 atom stereocenters. The van der Waals surface area contributed by atoms with Gasteiger partial charge in [0, 0.05) is 36.1 Å². The Kier molecular flexibility index (Phi) is 5.92. The number of likely N-dealkylation sites (tertiary alicyclic amines) is 1. The summed E-state index contributed by atoms with van der Waals surface area (Å²) in [6.07, 6.45) is 1.57. The standard InChI is InChI=1S/C21H22F3N3O3S/c22-21(23,24)30-17-1-3-18(4-2-17)31(29)20(9-10-20)15-7-13-27(14-8-15)19(28)26-16-5-11-25-12-6-16/h1-6,11-12,15H,7-10,13-14H2,(H,25,26,28). The van der Waals surface area contributed by atoms with Gasteiger partial charge in [0.15, 0.2) is 0 Å². The summed E-state index contributed by atoms with van der Waals surface area (Å²) in [6.45, 7) is 1.14. The van der Waals surface area contributed by atoms with Gasteiger partial charge in [0.1, 0.15) is 5.75 Å². The van der Waals surface area contributed by atoms with Crippen LogP contribution < -0.4 is 10.1 Å². The number of hydrogen-bond acceptors (Lipinski definition) is 4. The van der Waals surface area contributed by atoms with Gasteiger partial charge in [-0.05, 0) is 68.0 Å².